The first-order chi connectivity index (χ1) is 8.56. The third-order valence-corrected chi connectivity index (χ3v) is 4.93. The first-order valence-corrected chi connectivity index (χ1v) is 7.14. The van der Waals surface area contributed by atoms with Crippen LogP contribution < -0.4 is 5.32 Å². The number of anilines is 1. The summed E-state index contributed by atoms with van der Waals surface area (Å²) in [7, 11) is 0. The van der Waals surface area contributed by atoms with Crippen LogP contribution in [-0.4, -0.2) is 5.91 Å². The lowest BCUT2D eigenvalue weighted by Crippen LogP contribution is -2.07. The molecule has 1 saturated carbocycles. The molecule has 0 radical (unpaired) electrons. The normalized spacial score (nSPS) is 21.4. The van der Waals surface area contributed by atoms with Crippen molar-refractivity contribution in [3.8, 4) is 0 Å². The maximum absolute atomic E-state index is 11.4. The van der Waals surface area contributed by atoms with E-state index in [1.165, 1.54) is 12.8 Å². The lowest BCUT2D eigenvalue weighted by Gasteiger charge is -2.19. The van der Waals surface area contributed by atoms with Gasteiger partial charge in [-0.1, -0.05) is 24.6 Å². The molecule has 2 unspecified atom stereocenters. The highest BCUT2D eigenvalue weighted by Crippen LogP contribution is 2.47. The summed E-state index contributed by atoms with van der Waals surface area (Å²) in [6, 6.07) is 3.82. The Balaban J connectivity index is 1.92. The van der Waals surface area contributed by atoms with Crippen LogP contribution in [0.4, 0.5) is 5.69 Å². The molecule has 2 nitrogen and oxygen atoms in total. The smallest absolute Gasteiger partial charge is 0.228 e. The van der Waals surface area contributed by atoms with Gasteiger partial charge in [0, 0.05) is 10.7 Å². The Kier molecular flexibility index (Phi) is 3.03. The van der Waals surface area contributed by atoms with Gasteiger partial charge in [0.15, 0.2) is 0 Å². The van der Waals surface area contributed by atoms with Crippen molar-refractivity contribution >= 4 is 34.8 Å². The molecule has 1 fully saturated rings. The topological polar surface area (TPSA) is 29.1 Å². The molecule has 1 N–H and O–H groups in total. The van der Waals surface area contributed by atoms with E-state index in [2.05, 4.69) is 12.2 Å². The van der Waals surface area contributed by atoms with Gasteiger partial charge in [-0.05, 0) is 41.9 Å². The zero-order chi connectivity index (χ0) is 12.9. The van der Waals surface area contributed by atoms with Crippen LogP contribution >= 0.6 is 23.2 Å². The molecular formula is C14H15Cl2NO. The summed E-state index contributed by atoms with van der Waals surface area (Å²) in [6.45, 7) is 2.18. The molecule has 0 bridgehead atoms. The Morgan fingerprint density at radius 3 is 2.78 bits per heavy atom. The van der Waals surface area contributed by atoms with E-state index in [-0.39, 0.29) is 11.3 Å². The third kappa shape index (κ3) is 2.12. The Hall–Kier alpha value is -0.730. The SMILES string of the molecule is CC(C1CC1)C(Cl)c1cc2c(cc1Cl)NC(=O)C2. The number of rotatable bonds is 3. The molecule has 1 aromatic carbocycles. The molecule has 0 aromatic heterocycles. The highest BCUT2D eigenvalue weighted by molar-refractivity contribution is 6.33. The van der Waals surface area contributed by atoms with Crippen molar-refractivity contribution in [3.63, 3.8) is 0 Å². The predicted molar refractivity (Wildman–Crippen MR) is 74.3 cm³/mol. The van der Waals surface area contributed by atoms with Crippen molar-refractivity contribution in [1.29, 1.82) is 0 Å². The third-order valence-electron chi connectivity index (χ3n) is 3.97. The molecule has 2 aliphatic rings. The molecule has 4 heteroatoms. The van der Waals surface area contributed by atoms with E-state index in [1.54, 1.807) is 0 Å². The van der Waals surface area contributed by atoms with E-state index in [4.69, 9.17) is 23.2 Å². The van der Waals surface area contributed by atoms with Gasteiger partial charge < -0.3 is 5.32 Å². The lowest BCUT2D eigenvalue weighted by atomic mass is 9.94. The Labute approximate surface area is 117 Å². The average Bonchev–Trinajstić information content (AvgIpc) is 3.09. The molecule has 1 aliphatic carbocycles. The largest absolute Gasteiger partial charge is 0.325 e. The number of nitrogens with one attached hydrogen (secondary N) is 1. The summed E-state index contributed by atoms with van der Waals surface area (Å²) in [5, 5.41) is 3.39. The first-order valence-electron chi connectivity index (χ1n) is 6.32. The molecule has 0 saturated heterocycles. The van der Waals surface area contributed by atoms with Gasteiger partial charge in [-0.25, -0.2) is 0 Å². The minimum absolute atomic E-state index is 0.0274. The highest BCUT2D eigenvalue weighted by atomic mass is 35.5. The zero-order valence-corrected chi connectivity index (χ0v) is 11.7. The van der Waals surface area contributed by atoms with Gasteiger partial charge >= 0.3 is 0 Å². The maximum atomic E-state index is 11.4. The molecule has 1 aliphatic heterocycles. The fourth-order valence-corrected chi connectivity index (χ4v) is 3.35. The fraction of sp³-hybridized carbons (Fsp3) is 0.500. The van der Waals surface area contributed by atoms with Crippen molar-refractivity contribution in [2.24, 2.45) is 11.8 Å². The van der Waals surface area contributed by atoms with Gasteiger partial charge in [-0.15, -0.1) is 11.6 Å². The Morgan fingerprint density at radius 1 is 1.39 bits per heavy atom. The van der Waals surface area contributed by atoms with E-state index < -0.39 is 0 Å². The second kappa shape index (κ2) is 4.43. The number of halogens is 2. The van der Waals surface area contributed by atoms with Crippen LogP contribution in [0.2, 0.25) is 5.02 Å². The summed E-state index contributed by atoms with van der Waals surface area (Å²) in [6.07, 6.45) is 2.97. The van der Waals surface area contributed by atoms with Gasteiger partial charge in [0.2, 0.25) is 5.91 Å². The van der Waals surface area contributed by atoms with Crippen molar-refractivity contribution in [2.45, 2.75) is 31.6 Å². The standard InChI is InChI=1S/C14H15Cl2NO/c1-7(8-2-3-8)14(16)10-4-9-5-13(18)17-12(9)6-11(10)15/h4,6-8,14H,2-3,5H2,1H3,(H,17,18). The summed E-state index contributed by atoms with van der Waals surface area (Å²) in [4.78, 5) is 11.4. The van der Waals surface area contributed by atoms with Crippen molar-refractivity contribution in [1.82, 2.24) is 0 Å². The molecule has 1 aromatic rings. The van der Waals surface area contributed by atoms with Crippen LogP contribution in [0.5, 0.6) is 0 Å². The van der Waals surface area contributed by atoms with E-state index in [0.717, 1.165) is 22.7 Å². The lowest BCUT2D eigenvalue weighted by molar-refractivity contribution is -0.115. The number of carbonyl (C=O) groups excluding carboxylic acids is 1. The molecule has 96 valence electrons. The van der Waals surface area contributed by atoms with Gasteiger partial charge in [-0.3, -0.25) is 4.79 Å². The van der Waals surface area contributed by atoms with Crippen molar-refractivity contribution < 1.29 is 4.79 Å². The number of alkyl halides is 1. The van der Waals surface area contributed by atoms with E-state index in [0.29, 0.717) is 17.4 Å². The molecule has 3 rings (SSSR count). The molecule has 0 spiro atoms. The number of amides is 1. The average molecular weight is 284 g/mol. The van der Waals surface area contributed by atoms with Crippen LogP contribution in [0.3, 0.4) is 0 Å². The van der Waals surface area contributed by atoms with E-state index in [1.807, 2.05) is 12.1 Å². The van der Waals surface area contributed by atoms with Crippen molar-refractivity contribution in [3.05, 3.63) is 28.3 Å². The number of hydrogen-bond acceptors (Lipinski definition) is 1. The molecule has 1 heterocycles. The number of benzene rings is 1. The summed E-state index contributed by atoms with van der Waals surface area (Å²) in [5.74, 6) is 1.20. The monoisotopic (exact) mass is 283 g/mol. The van der Waals surface area contributed by atoms with Gasteiger partial charge in [0.05, 0.1) is 11.8 Å². The minimum Gasteiger partial charge on any atom is -0.325 e. The minimum atomic E-state index is -0.0639. The Morgan fingerprint density at radius 2 is 2.11 bits per heavy atom. The molecular weight excluding hydrogens is 269 g/mol. The van der Waals surface area contributed by atoms with Crippen LogP contribution in [0.25, 0.3) is 0 Å². The first kappa shape index (κ1) is 12.3. The zero-order valence-electron chi connectivity index (χ0n) is 10.2. The predicted octanol–water partition coefficient (Wildman–Crippen LogP) is 4.16. The van der Waals surface area contributed by atoms with E-state index >= 15 is 0 Å². The molecule has 1 amide bonds. The van der Waals surface area contributed by atoms with Crippen LogP contribution in [-0.2, 0) is 11.2 Å². The number of hydrogen-bond donors (Lipinski definition) is 1. The summed E-state index contributed by atoms with van der Waals surface area (Å²) < 4.78 is 0. The van der Waals surface area contributed by atoms with Gasteiger partial charge in [-0.2, -0.15) is 0 Å². The number of carbonyl (C=O) groups is 1. The van der Waals surface area contributed by atoms with Crippen LogP contribution in [0.1, 0.15) is 36.3 Å². The Bertz CT molecular complexity index is 511. The second-order valence-corrected chi connectivity index (χ2v) is 6.23. The second-order valence-electron chi connectivity index (χ2n) is 5.35. The maximum Gasteiger partial charge on any atom is 0.228 e. The van der Waals surface area contributed by atoms with Crippen LogP contribution in [0, 0.1) is 11.8 Å². The van der Waals surface area contributed by atoms with Gasteiger partial charge in [0.25, 0.3) is 0 Å². The summed E-state index contributed by atoms with van der Waals surface area (Å²) >= 11 is 12.8. The summed E-state index contributed by atoms with van der Waals surface area (Å²) in [5.41, 5.74) is 2.80. The fourth-order valence-electron chi connectivity index (χ4n) is 2.62. The van der Waals surface area contributed by atoms with Crippen molar-refractivity contribution in [2.75, 3.05) is 5.32 Å². The molecule has 18 heavy (non-hydrogen) atoms. The van der Waals surface area contributed by atoms with E-state index in [9.17, 15) is 4.79 Å². The van der Waals surface area contributed by atoms with Gasteiger partial charge in [0.1, 0.15) is 0 Å². The van der Waals surface area contributed by atoms with Crippen LogP contribution in [0.15, 0.2) is 12.1 Å². The quantitative estimate of drug-likeness (QED) is 0.830. The molecule has 2 atom stereocenters. The highest BCUT2D eigenvalue weighted by Gasteiger charge is 2.34. The number of fused-ring (bicyclic) bond motifs is 1.